The summed E-state index contributed by atoms with van der Waals surface area (Å²) in [5.41, 5.74) is 5.93. The van der Waals surface area contributed by atoms with Crippen molar-refractivity contribution in [1.29, 1.82) is 0 Å². The Morgan fingerprint density at radius 1 is 1.58 bits per heavy atom. The summed E-state index contributed by atoms with van der Waals surface area (Å²) in [6.45, 7) is 4.80. The number of amides is 1. The lowest BCUT2D eigenvalue weighted by atomic mass is 9.78. The third-order valence-electron chi connectivity index (χ3n) is 3.75. The molecule has 1 heterocycles. The van der Waals surface area contributed by atoms with E-state index in [-0.39, 0.29) is 23.9 Å². The molecule has 0 atom stereocenters. The number of nitrogens with two attached hydrogens (primary N) is 1. The third-order valence-corrected chi connectivity index (χ3v) is 4.62. The second-order valence-corrected chi connectivity index (χ2v) is 6.47. The maximum Gasteiger partial charge on any atom is 0.271 e. The molecule has 19 heavy (non-hydrogen) atoms. The number of thiazole rings is 1. The molecule has 1 amide bonds. The van der Waals surface area contributed by atoms with Gasteiger partial charge in [0.25, 0.3) is 5.91 Å². The van der Waals surface area contributed by atoms with Crippen molar-refractivity contribution in [2.45, 2.75) is 51.6 Å². The highest BCUT2D eigenvalue weighted by Gasteiger charge is 2.31. The molecule has 108 valence electrons. The summed E-state index contributed by atoms with van der Waals surface area (Å²) >= 11 is 1.44. The van der Waals surface area contributed by atoms with E-state index in [0.717, 1.165) is 23.8 Å². The first-order chi connectivity index (χ1) is 8.52. The summed E-state index contributed by atoms with van der Waals surface area (Å²) < 4.78 is 0. The Hall–Kier alpha value is -0.650. The minimum atomic E-state index is -0.0733. The van der Waals surface area contributed by atoms with Crippen LogP contribution in [0.1, 0.15) is 55.0 Å². The molecule has 4 nitrogen and oxygen atoms in total. The highest BCUT2D eigenvalue weighted by molar-refractivity contribution is 7.09. The molecule has 0 unspecified atom stereocenters. The first-order valence-electron chi connectivity index (χ1n) is 6.49. The van der Waals surface area contributed by atoms with Crippen LogP contribution in [0.15, 0.2) is 5.38 Å². The molecule has 1 fully saturated rings. The van der Waals surface area contributed by atoms with Crippen LogP contribution in [0.2, 0.25) is 0 Å². The number of nitrogens with one attached hydrogen (secondary N) is 1. The predicted octanol–water partition coefficient (Wildman–Crippen LogP) is 2.72. The fourth-order valence-electron chi connectivity index (χ4n) is 2.37. The quantitative estimate of drug-likeness (QED) is 0.902. The zero-order valence-corrected chi connectivity index (χ0v) is 13.1. The largest absolute Gasteiger partial charge is 0.346 e. The van der Waals surface area contributed by atoms with Crippen molar-refractivity contribution in [2.24, 2.45) is 11.7 Å². The molecule has 1 saturated carbocycles. The average Bonchev–Trinajstić information content (AvgIpc) is 2.82. The molecule has 3 N–H and O–H groups in total. The third kappa shape index (κ3) is 4.16. The number of hydrogen-bond donors (Lipinski definition) is 2. The van der Waals surface area contributed by atoms with E-state index in [1.165, 1.54) is 24.2 Å². The number of halogens is 1. The van der Waals surface area contributed by atoms with Gasteiger partial charge in [0, 0.05) is 17.5 Å². The Kier molecular flexibility index (Phi) is 5.77. The summed E-state index contributed by atoms with van der Waals surface area (Å²) in [5.74, 6) is 0.709. The van der Waals surface area contributed by atoms with Crippen molar-refractivity contribution in [3.05, 3.63) is 16.1 Å². The summed E-state index contributed by atoms with van der Waals surface area (Å²) in [6.07, 6.45) is 4.46. The van der Waals surface area contributed by atoms with Crippen LogP contribution in [0.25, 0.3) is 0 Å². The van der Waals surface area contributed by atoms with Crippen molar-refractivity contribution < 1.29 is 4.79 Å². The van der Waals surface area contributed by atoms with Gasteiger partial charge in [-0.25, -0.2) is 4.98 Å². The minimum Gasteiger partial charge on any atom is -0.346 e. The fourth-order valence-corrected chi connectivity index (χ4v) is 3.03. The Morgan fingerprint density at radius 3 is 2.74 bits per heavy atom. The molecule has 1 aromatic heterocycles. The van der Waals surface area contributed by atoms with Gasteiger partial charge in [0.05, 0.1) is 0 Å². The van der Waals surface area contributed by atoms with Crippen LogP contribution < -0.4 is 11.1 Å². The molecule has 0 aromatic carbocycles. The van der Waals surface area contributed by atoms with Gasteiger partial charge in [-0.2, -0.15) is 0 Å². The smallest absolute Gasteiger partial charge is 0.271 e. The number of rotatable bonds is 3. The van der Waals surface area contributed by atoms with Gasteiger partial charge in [-0.1, -0.05) is 6.92 Å². The molecule has 0 bridgehead atoms. The van der Waals surface area contributed by atoms with Crippen molar-refractivity contribution in [3.8, 4) is 0 Å². The predicted molar refractivity (Wildman–Crippen MR) is 80.8 cm³/mol. The first-order valence-corrected chi connectivity index (χ1v) is 7.37. The number of nitrogens with zero attached hydrogens (tertiary/aromatic N) is 1. The lowest BCUT2D eigenvalue weighted by Crippen LogP contribution is -2.48. The Labute approximate surface area is 124 Å². The van der Waals surface area contributed by atoms with E-state index in [9.17, 15) is 4.79 Å². The van der Waals surface area contributed by atoms with Gasteiger partial charge in [-0.05, 0) is 38.5 Å². The monoisotopic (exact) mass is 303 g/mol. The van der Waals surface area contributed by atoms with Crippen molar-refractivity contribution in [2.75, 3.05) is 0 Å². The molecule has 0 spiro atoms. The lowest BCUT2D eigenvalue weighted by molar-refractivity contribution is 0.0865. The number of carbonyl (C=O) groups excluding carboxylic acids is 1. The van der Waals surface area contributed by atoms with Crippen molar-refractivity contribution in [1.82, 2.24) is 10.3 Å². The molecule has 1 aromatic rings. The van der Waals surface area contributed by atoms with E-state index in [4.69, 9.17) is 5.73 Å². The molecule has 6 heteroatoms. The van der Waals surface area contributed by atoms with E-state index in [0.29, 0.717) is 12.2 Å². The Morgan fingerprint density at radius 2 is 2.21 bits per heavy atom. The SMILES string of the molecule is CC1CCC(C)(NC(=O)c2csc(CN)n2)CC1.Cl. The van der Waals surface area contributed by atoms with Crippen LogP contribution in [-0.2, 0) is 6.54 Å². The van der Waals surface area contributed by atoms with Crippen molar-refractivity contribution >= 4 is 29.7 Å². The molecule has 0 radical (unpaired) electrons. The summed E-state index contributed by atoms with van der Waals surface area (Å²) in [4.78, 5) is 16.3. The molecule has 0 saturated heterocycles. The Balaban J connectivity index is 0.00000180. The van der Waals surface area contributed by atoms with Gasteiger partial charge in [-0.15, -0.1) is 23.7 Å². The maximum absolute atomic E-state index is 12.1. The molecule has 1 aliphatic rings. The van der Waals surface area contributed by atoms with Crippen LogP contribution in [0.3, 0.4) is 0 Å². The summed E-state index contributed by atoms with van der Waals surface area (Å²) in [6, 6.07) is 0. The second-order valence-electron chi connectivity index (χ2n) is 5.53. The van der Waals surface area contributed by atoms with Gasteiger partial charge >= 0.3 is 0 Å². The molecular weight excluding hydrogens is 282 g/mol. The van der Waals surface area contributed by atoms with Gasteiger partial charge < -0.3 is 11.1 Å². The maximum atomic E-state index is 12.1. The fraction of sp³-hybridized carbons (Fsp3) is 0.692. The zero-order valence-electron chi connectivity index (χ0n) is 11.4. The molecule has 0 aliphatic heterocycles. The summed E-state index contributed by atoms with van der Waals surface area (Å²) in [7, 11) is 0. The van der Waals surface area contributed by atoms with Crippen LogP contribution in [0.5, 0.6) is 0 Å². The van der Waals surface area contributed by atoms with E-state index >= 15 is 0 Å². The lowest BCUT2D eigenvalue weighted by Gasteiger charge is -2.36. The number of aromatic nitrogens is 1. The van der Waals surface area contributed by atoms with Gasteiger partial charge in [-0.3, -0.25) is 4.79 Å². The van der Waals surface area contributed by atoms with E-state index in [1.807, 2.05) is 0 Å². The van der Waals surface area contributed by atoms with E-state index in [1.54, 1.807) is 5.38 Å². The van der Waals surface area contributed by atoms with Crippen LogP contribution in [-0.4, -0.2) is 16.4 Å². The molecular formula is C13H22ClN3OS. The standard InChI is InChI=1S/C13H21N3OS.ClH/c1-9-3-5-13(2,6-4-9)16-12(17)10-8-18-11(7-14)15-10;/h8-9H,3-7,14H2,1-2H3,(H,16,17);1H. The minimum absolute atomic E-state index is 0. The highest BCUT2D eigenvalue weighted by atomic mass is 35.5. The molecule has 2 rings (SSSR count). The van der Waals surface area contributed by atoms with Crippen LogP contribution in [0.4, 0.5) is 0 Å². The van der Waals surface area contributed by atoms with Gasteiger partial charge in [0.1, 0.15) is 10.7 Å². The highest BCUT2D eigenvalue weighted by Crippen LogP contribution is 2.31. The van der Waals surface area contributed by atoms with E-state index in [2.05, 4.69) is 24.1 Å². The van der Waals surface area contributed by atoms with E-state index < -0.39 is 0 Å². The van der Waals surface area contributed by atoms with Gasteiger partial charge in [0.15, 0.2) is 0 Å². The van der Waals surface area contributed by atoms with Crippen molar-refractivity contribution in [3.63, 3.8) is 0 Å². The average molecular weight is 304 g/mol. The van der Waals surface area contributed by atoms with Crippen LogP contribution in [0, 0.1) is 5.92 Å². The molecule has 1 aliphatic carbocycles. The normalized spacial score (nSPS) is 26.6. The Bertz CT molecular complexity index is 427. The van der Waals surface area contributed by atoms with Crippen LogP contribution >= 0.6 is 23.7 Å². The topological polar surface area (TPSA) is 68.0 Å². The second kappa shape index (κ2) is 6.68. The first kappa shape index (κ1) is 16.4. The zero-order chi connectivity index (χ0) is 13.2. The number of carbonyl (C=O) groups is 1. The summed E-state index contributed by atoms with van der Waals surface area (Å²) in [5, 5.41) is 5.73. The number of hydrogen-bond acceptors (Lipinski definition) is 4. The van der Waals surface area contributed by atoms with Gasteiger partial charge in [0.2, 0.25) is 0 Å².